The second-order valence-electron chi connectivity index (χ2n) is 8.78. The van der Waals surface area contributed by atoms with Crippen molar-refractivity contribution in [2.24, 2.45) is 0 Å². The van der Waals surface area contributed by atoms with E-state index in [1.165, 1.54) is 6.92 Å². The van der Waals surface area contributed by atoms with E-state index in [0.29, 0.717) is 11.0 Å². The van der Waals surface area contributed by atoms with E-state index in [1.807, 2.05) is 60.7 Å². The van der Waals surface area contributed by atoms with Gasteiger partial charge in [0.15, 0.2) is 0 Å². The van der Waals surface area contributed by atoms with Crippen molar-refractivity contribution in [2.75, 3.05) is 6.54 Å². The molecule has 11 heteroatoms. The van der Waals surface area contributed by atoms with E-state index < -0.39 is 35.9 Å². The number of carbonyl (C=O) groups is 4. The van der Waals surface area contributed by atoms with Crippen LogP contribution in [0.5, 0.6) is 0 Å². The summed E-state index contributed by atoms with van der Waals surface area (Å²) >= 11 is 0. The van der Waals surface area contributed by atoms with Gasteiger partial charge in [-0.3, -0.25) is 14.4 Å². The average molecular weight is 529 g/mol. The maximum atomic E-state index is 13.1. The normalized spacial score (nSPS) is 12.2. The molecule has 4 rings (SSSR count). The maximum absolute atomic E-state index is 13.1. The van der Waals surface area contributed by atoms with Crippen LogP contribution in [0.25, 0.3) is 11.0 Å². The van der Waals surface area contributed by atoms with Crippen LogP contribution >= 0.6 is 0 Å². The summed E-state index contributed by atoms with van der Waals surface area (Å²) in [6.07, 6.45) is -0.597. The van der Waals surface area contributed by atoms with Crippen molar-refractivity contribution >= 4 is 34.8 Å². The molecule has 11 nitrogen and oxygen atoms in total. The Balaban J connectivity index is 1.36. The van der Waals surface area contributed by atoms with Crippen LogP contribution in [0.15, 0.2) is 84.9 Å². The smallest absolute Gasteiger partial charge is 0.408 e. The van der Waals surface area contributed by atoms with Gasteiger partial charge in [-0.25, -0.2) is 4.79 Å². The lowest BCUT2D eigenvalue weighted by molar-refractivity contribution is -0.129. The molecule has 0 aliphatic heterocycles. The summed E-state index contributed by atoms with van der Waals surface area (Å²) in [4.78, 5) is 50.9. The predicted octanol–water partition coefficient (Wildman–Crippen LogP) is 2.23. The van der Waals surface area contributed by atoms with Gasteiger partial charge in [-0.05, 0) is 30.2 Å². The first kappa shape index (κ1) is 27.0. The molecule has 0 spiro atoms. The molecule has 3 N–H and O–H groups in total. The number of amides is 3. The molecular formula is C28H28N6O5. The lowest BCUT2D eigenvalue weighted by Crippen LogP contribution is -2.54. The number of benzene rings is 3. The number of carbonyl (C=O) groups excluding carboxylic acids is 4. The summed E-state index contributed by atoms with van der Waals surface area (Å²) in [7, 11) is 0. The number of rotatable bonds is 10. The fourth-order valence-electron chi connectivity index (χ4n) is 3.78. The van der Waals surface area contributed by atoms with Gasteiger partial charge in [0, 0.05) is 6.42 Å². The van der Waals surface area contributed by atoms with Crippen LogP contribution in [0.4, 0.5) is 4.79 Å². The third kappa shape index (κ3) is 7.48. The minimum Gasteiger partial charge on any atom is -0.445 e. The number of para-hydroxylation sites is 1. The van der Waals surface area contributed by atoms with Crippen LogP contribution in [-0.4, -0.2) is 57.4 Å². The highest BCUT2D eigenvalue weighted by Crippen LogP contribution is 2.09. The van der Waals surface area contributed by atoms with Gasteiger partial charge < -0.3 is 20.7 Å². The topological polar surface area (TPSA) is 144 Å². The molecule has 1 aromatic heterocycles. The Morgan fingerprint density at radius 2 is 1.46 bits per heavy atom. The highest BCUT2D eigenvalue weighted by Gasteiger charge is 2.26. The van der Waals surface area contributed by atoms with Crippen LogP contribution < -0.4 is 16.0 Å². The van der Waals surface area contributed by atoms with E-state index in [2.05, 4.69) is 26.3 Å². The van der Waals surface area contributed by atoms with Crippen LogP contribution in [0.2, 0.25) is 0 Å². The zero-order valence-electron chi connectivity index (χ0n) is 21.2. The first-order chi connectivity index (χ1) is 18.9. The maximum Gasteiger partial charge on any atom is 0.408 e. The van der Waals surface area contributed by atoms with Crippen molar-refractivity contribution in [1.82, 2.24) is 30.9 Å². The van der Waals surface area contributed by atoms with Gasteiger partial charge in [-0.15, -0.1) is 5.10 Å². The van der Waals surface area contributed by atoms with Crippen LogP contribution in [0.1, 0.15) is 22.8 Å². The number of aromatic nitrogens is 3. The van der Waals surface area contributed by atoms with Gasteiger partial charge in [0.25, 0.3) is 5.91 Å². The molecule has 3 aromatic carbocycles. The minimum absolute atomic E-state index is 0.0507. The third-order valence-electron chi connectivity index (χ3n) is 5.86. The molecule has 39 heavy (non-hydrogen) atoms. The van der Waals surface area contributed by atoms with Crippen LogP contribution in [0, 0.1) is 0 Å². The molecule has 0 saturated heterocycles. The zero-order chi connectivity index (χ0) is 27.6. The summed E-state index contributed by atoms with van der Waals surface area (Å²) in [5, 5.41) is 15.5. The lowest BCUT2D eigenvalue weighted by Gasteiger charge is -2.21. The molecule has 0 unspecified atom stereocenters. The van der Waals surface area contributed by atoms with E-state index >= 15 is 0 Å². The fraction of sp³-hybridized carbons (Fsp3) is 0.214. The molecule has 0 aliphatic carbocycles. The van der Waals surface area contributed by atoms with Crippen molar-refractivity contribution < 1.29 is 23.9 Å². The molecule has 3 amide bonds. The highest BCUT2D eigenvalue weighted by molar-refractivity contribution is 5.95. The summed E-state index contributed by atoms with van der Waals surface area (Å²) in [6, 6.07) is 23.2. The van der Waals surface area contributed by atoms with Gasteiger partial charge >= 0.3 is 6.09 Å². The van der Waals surface area contributed by atoms with E-state index in [-0.39, 0.29) is 19.6 Å². The third-order valence-corrected chi connectivity index (χ3v) is 5.86. The molecular weight excluding hydrogens is 500 g/mol. The van der Waals surface area contributed by atoms with Gasteiger partial charge in [0.05, 0.1) is 12.1 Å². The number of nitrogens with zero attached hydrogens (tertiary/aromatic N) is 3. The quantitative estimate of drug-likeness (QED) is 0.286. The monoisotopic (exact) mass is 528 g/mol. The molecule has 0 fully saturated rings. The Labute approximate surface area is 224 Å². The van der Waals surface area contributed by atoms with E-state index in [4.69, 9.17) is 4.74 Å². The zero-order valence-corrected chi connectivity index (χ0v) is 21.2. The van der Waals surface area contributed by atoms with Crippen molar-refractivity contribution in [3.05, 3.63) is 96.1 Å². The second kappa shape index (κ2) is 13.0. The van der Waals surface area contributed by atoms with E-state index in [0.717, 1.165) is 15.8 Å². The first-order valence-corrected chi connectivity index (χ1v) is 12.3. The van der Waals surface area contributed by atoms with Crippen molar-refractivity contribution in [3.8, 4) is 0 Å². The van der Waals surface area contributed by atoms with Crippen LogP contribution in [-0.2, 0) is 27.4 Å². The van der Waals surface area contributed by atoms with Crippen molar-refractivity contribution in [1.29, 1.82) is 0 Å². The Bertz CT molecular complexity index is 1440. The second-order valence-corrected chi connectivity index (χ2v) is 8.78. The SMILES string of the molecule is C[C@H](NC(=O)OCc1ccccc1)C(=O)N[C@@H](Cc1ccccc1)C(=O)NCC(=O)n1nnc2ccccc21. The summed E-state index contributed by atoms with van der Waals surface area (Å²) in [6.45, 7) is 1.18. The van der Waals surface area contributed by atoms with Gasteiger partial charge in [0.2, 0.25) is 11.8 Å². The number of hydrogen-bond donors (Lipinski definition) is 3. The summed E-state index contributed by atoms with van der Waals surface area (Å²) in [5.41, 5.74) is 2.67. The molecule has 0 saturated carbocycles. The molecule has 1 heterocycles. The number of alkyl carbamates (subject to hydrolysis) is 1. The first-order valence-electron chi connectivity index (χ1n) is 12.3. The highest BCUT2D eigenvalue weighted by atomic mass is 16.5. The Kier molecular flexibility index (Phi) is 8.96. The number of fused-ring (bicyclic) bond motifs is 1. The van der Waals surface area contributed by atoms with Crippen molar-refractivity contribution in [2.45, 2.75) is 32.0 Å². The largest absolute Gasteiger partial charge is 0.445 e. The Morgan fingerprint density at radius 3 is 2.18 bits per heavy atom. The van der Waals surface area contributed by atoms with Gasteiger partial charge in [-0.2, -0.15) is 4.68 Å². The molecule has 200 valence electrons. The molecule has 0 bridgehead atoms. The van der Waals surface area contributed by atoms with Crippen molar-refractivity contribution in [3.63, 3.8) is 0 Å². The number of hydrogen-bond acceptors (Lipinski definition) is 7. The Hall–Kier alpha value is -5.06. The Morgan fingerprint density at radius 1 is 0.821 bits per heavy atom. The van der Waals surface area contributed by atoms with Gasteiger partial charge in [0.1, 0.15) is 24.2 Å². The molecule has 2 atom stereocenters. The standard InChI is InChI=1S/C28H28N6O5/c1-19(30-28(38)39-18-21-12-6-3-7-13-21)26(36)31-23(16-20-10-4-2-5-11-20)27(37)29-17-25(35)34-24-15-9-8-14-22(24)32-33-34/h2-15,19,23H,16-18H2,1H3,(H,29,37)(H,30,38)(H,31,36)/t19-,23-/m0/s1. The summed E-state index contributed by atoms with van der Waals surface area (Å²) < 4.78 is 6.29. The average Bonchev–Trinajstić information content (AvgIpc) is 3.40. The summed E-state index contributed by atoms with van der Waals surface area (Å²) in [5.74, 6) is -1.64. The van der Waals surface area contributed by atoms with Gasteiger partial charge in [-0.1, -0.05) is 78.0 Å². The number of ether oxygens (including phenoxy) is 1. The minimum atomic E-state index is -1.01. The number of nitrogens with one attached hydrogen (secondary N) is 3. The molecule has 0 radical (unpaired) electrons. The van der Waals surface area contributed by atoms with Crippen LogP contribution in [0.3, 0.4) is 0 Å². The molecule has 0 aliphatic rings. The fourth-order valence-corrected chi connectivity index (χ4v) is 3.78. The lowest BCUT2D eigenvalue weighted by atomic mass is 10.0. The van der Waals surface area contributed by atoms with E-state index in [9.17, 15) is 19.2 Å². The van der Waals surface area contributed by atoms with E-state index in [1.54, 1.807) is 24.3 Å². The molecule has 4 aromatic rings. The predicted molar refractivity (Wildman–Crippen MR) is 142 cm³/mol.